The Morgan fingerprint density at radius 3 is 2.48 bits per heavy atom. The molecule has 23 heavy (non-hydrogen) atoms. The molecule has 0 unspecified atom stereocenters. The van der Waals surface area contributed by atoms with Gasteiger partial charge in [0.1, 0.15) is 18.1 Å². The summed E-state index contributed by atoms with van der Waals surface area (Å²) in [5.74, 6) is 1.72. The molecule has 0 spiro atoms. The predicted molar refractivity (Wildman–Crippen MR) is 92.0 cm³/mol. The first-order chi connectivity index (χ1) is 11.3. The van der Waals surface area contributed by atoms with Gasteiger partial charge in [-0.05, 0) is 54.4 Å². The number of benzene rings is 2. The zero-order valence-corrected chi connectivity index (χ0v) is 13.1. The van der Waals surface area contributed by atoms with Crippen LogP contribution in [-0.4, -0.2) is 6.21 Å². The largest absolute Gasteiger partial charge is 0.489 e. The second-order valence-electron chi connectivity index (χ2n) is 5.39. The third-order valence-electron chi connectivity index (χ3n) is 3.47. The third-order valence-corrected chi connectivity index (χ3v) is 3.47. The first kappa shape index (κ1) is 15.1. The van der Waals surface area contributed by atoms with E-state index >= 15 is 0 Å². The van der Waals surface area contributed by atoms with Crippen LogP contribution in [0.2, 0.25) is 0 Å². The van der Waals surface area contributed by atoms with Crippen molar-refractivity contribution in [1.82, 2.24) is 0 Å². The van der Waals surface area contributed by atoms with Crippen LogP contribution in [0.4, 0.5) is 0 Å². The first-order valence-electron chi connectivity index (χ1n) is 7.60. The molecule has 1 heterocycles. The molecule has 0 saturated carbocycles. The summed E-state index contributed by atoms with van der Waals surface area (Å²) in [6.07, 6.45) is 3.50. The smallest absolute Gasteiger partial charge is 0.125 e. The average Bonchev–Trinajstić information content (AvgIpc) is 3.09. The van der Waals surface area contributed by atoms with Crippen LogP contribution in [0.15, 0.2) is 76.3 Å². The summed E-state index contributed by atoms with van der Waals surface area (Å²) in [6, 6.07) is 20.1. The zero-order chi connectivity index (χ0) is 15.9. The lowest BCUT2D eigenvalue weighted by atomic mass is 10.2. The molecule has 0 fully saturated rings. The summed E-state index contributed by atoms with van der Waals surface area (Å²) in [7, 11) is 0. The van der Waals surface area contributed by atoms with Gasteiger partial charge in [0, 0.05) is 6.21 Å². The van der Waals surface area contributed by atoms with Gasteiger partial charge in [-0.1, -0.05) is 29.8 Å². The maximum atomic E-state index is 5.79. The molecule has 0 N–H and O–H groups in total. The van der Waals surface area contributed by atoms with Gasteiger partial charge in [-0.2, -0.15) is 0 Å². The molecule has 0 aliphatic heterocycles. The van der Waals surface area contributed by atoms with Crippen LogP contribution in [-0.2, 0) is 13.2 Å². The maximum Gasteiger partial charge on any atom is 0.125 e. The fraction of sp³-hybridized carbons (Fsp3) is 0.150. The Bertz CT molecular complexity index is 741. The summed E-state index contributed by atoms with van der Waals surface area (Å²) in [4.78, 5) is 4.36. The monoisotopic (exact) mass is 305 g/mol. The van der Waals surface area contributed by atoms with E-state index in [9.17, 15) is 0 Å². The molecular formula is C20H19NO2. The van der Waals surface area contributed by atoms with Crippen LogP contribution in [0.5, 0.6) is 5.75 Å². The third kappa shape index (κ3) is 4.58. The Kier molecular flexibility index (Phi) is 4.89. The minimum absolute atomic E-state index is 0.554. The molecule has 0 bridgehead atoms. The lowest BCUT2D eigenvalue weighted by Gasteiger charge is -2.06. The Morgan fingerprint density at radius 1 is 1.00 bits per heavy atom. The quantitative estimate of drug-likeness (QED) is 0.614. The highest BCUT2D eigenvalue weighted by Crippen LogP contribution is 2.14. The van der Waals surface area contributed by atoms with E-state index in [2.05, 4.69) is 36.2 Å². The number of aryl methyl sites for hydroxylation is 1. The minimum Gasteiger partial charge on any atom is -0.489 e. The number of hydrogen-bond acceptors (Lipinski definition) is 3. The van der Waals surface area contributed by atoms with Gasteiger partial charge < -0.3 is 9.15 Å². The summed E-state index contributed by atoms with van der Waals surface area (Å²) >= 11 is 0. The van der Waals surface area contributed by atoms with Gasteiger partial charge in [0.2, 0.25) is 0 Å². The lowest BCUT2D eigenvalue weighted by Crippen LogP contribution is -1.95. The lowest BCUT2D eigenvalue weighted by molar-refractivity contribution is 0.306. The minimum atomic E-state index is 0.554. The molecule has 3 nitrogen and oxygen atoms in total. The van der Waals surface area contributed by atoms with Crippen LogP contribution < -0.4 is 4.74 Å². The first-order valence-corrected chi connectivity index (χ1v) is 7.60. The molecule has 0 atom stereocenters. The van der Waals surface area contributed by atoms with E-state index in [0.717, 1.165) is 17.1 Å². The van der Waals surface area contributed by atoms with Crippen LogP contribution in [0.3, 0.4) is 0 Å². The van der Waals surface area contributed by atoms with E-state index < -0.39 is 0 Å². The number of aliphatic imine (C=N–C) groups is 1. The maximum absolute atomic E-state index is 5.79. The van der Waals surface area contributed by atoms with Gasteiger partial charge in [-0.3, -0.25) is 4.99 Å². The normalized spacial score (nSPS) is 11.0. The van der Waals surface area contributed by atoms with Crippen molar-refractivity contribution < 1.29 is 9.15 Å². The van der Waals surface area contributed by atoms with Crippen LogP contribution in [0, 0.1) is 6.92 Å². The van der Waals surface area contributed by atoms with Crippen molar-refractivity contribution in [3.8, 4) is 5.75 Å². The van der Waals surface area contributed by atoms with Crippen molar-refractivity contribution in [3.63, 3.8) is 0 Å². The predicted octanol–water partition coefficient (Wildman–Crippen LogP) is 4.79. The molecule has 0 amide bonds. The standard InChI is InChI=1S/C20H19NO2/c1-16-4-6-18(7-5-16)15-23-19-10-8-17(9-11-19)13-21-14-20-3-2-12-22-20/h2-13H,14-15H2,1H3. The van der Waals surface area contributed by atoms with Crippen LogP contribution in [0.1, 0.15) is 22.5 Å². The van der Waals surface area contributed by atoms with Gasteiger partial charge in [-0.25, -0.2) is 0 Å². The second-order valence-corrected chi connectivity index (χ2v) is 5.39. The van der Waals surface area contributed by atoms with Gasteiger partial charge >= 0.3 is 0 Å². The van der Waals surface area contributed by atoms with E-state index in [1.165, 1.54) is 11.1 Å². The molecule has 0 saturated heterocycles. The molecule has 0 aliphatic carbocycles. The molecule has 3 rings (SSSR count). The molecule has 116 valence electrons. The van der Waals surface area contributed by atoms with Crippen molar-refractivity contribution in [3.05, 3.63) is 89.4 Å². The highest BCUT2D eigenvalue weighted by Gasteiger charge is 1.97. The SMILES string of the molecule is Cc1ccc(COc2ccc(C=NCc3ccco3)cc2)cc1. The number of hydrogen-bond donors (Lipinski definition) is 0. The van der Waals surface area contributed by atoms with Crippen LogP contribution >= 0.6 is 0 Å². The fourth-order valence-electron chi connectivity index (χ4n) is 2.14. The van der Waals surface area contributed by atoms with Crippen molar-refractivity contribution in [2.24, 2.45) is 4.99 Å². The average molecular weight is 305 g/mol. The van der Waals surface area contributed by atoms with Crippen LogP contribution in [0.25, 0.3) is 0 Å². The molecule has 2 aromatic carbocycles. The summed E-state index contributed by atoms with van der Waals surface area (Å²) < 4.78 is 11.0. The molecule has 1 aromatic heterocycles. The highest BCUT2D eigenvalue weighted by atomic mass is 16.5. The molecule has 0 aliphatic rings. The number of nitrogens with zero attached hydrogens (tertiary/aromatic N) is 1. The molecular weight excluding hydrogens is 286 g/mol. The number of furan rings is 1. The molecule has 3 heteroatoms. The number of rotatable bonds is 6. The van der Waals surface area contributed by atoms with Crippen molar-refractivity contribution in [1.29, 1.82) is 0 Å². The summed E-state index contributed by atoms with van der Waals surface area (Å²) in [5, 5.41) is 0. The van der Waals surface area contributed by atoms with Crippen molar-refractivity contribution >= 4 is 6.21 Å². The molecule has 3 aromatic rings. The Balaban J connectivity index is 1.52. The second kappa shape index (κ2) is 7.45. The van der Waals surface area contributed by atoms with Gasteiger partial charge in [0.25, 0.3) is 0 Å². The fourth-order valence-corrected chi connectivity index (χ4v) is 2.14. The van der Waals surface area contributed by atoms with Crippen molar-refractivity contribution in [2.75, 3.05) is 0 Å². The Labute approximate surface area is 136 Å². The summed E-state index contributed by atoms with van der Waals surface area (Å²) in [5.41, 5.74) is 3.46. The van der Waals surface area contributed by atoms with E-state index in [-0.39, 0.29) is 0 Å². The molecule has 0 radical (unpaired) electrons. The topological polar surface area (TPSA) is 34.7 Å². The Hall–Kier alpha value is -2.81. The van der Waals surface area contributed by atoms with E-state index in [4.69, 9.17) is 9.15 Å². The van der Waals surface area contributed by atoms with Crippen molar-refractivity contribution in [2.45, 2.75) is 20.1 Å². The summed E-state index contributed by atoms with van der Waals surface area (Å²) in [6.45, 7) is 3.21. The van der Waals surface area contributed by atoms with E-state index in [1.54, 1.807) is 6.26 Å². The Morgan fingerprint density at radius 2 is 1.78 bits per heavy atom. The van der Waals surface area contributed by atoms with Gasteiger partial charge in [0.05, 0.1) is 12.8 Å². The zero-order valence-electron chi connectivity index (χ0n) is 13.1. The number of ether oxygens (including phenoxy) is 1. The van der Waals surface area contributed by atoms with E-state index in [0.29, 0.717) is 13.2 Å². The highest BCUT2D eigenvalue weighted by molar-refractivity contribution is 5.79. The van der Waals surface area contributed by atoms with E-state index in [1.807, 2.05) is 42.6 Å². The van der Waals surface area contributed by atoms with Gasteiger partial charge in [0.15, 0.2) is 0 Å². The van der Waals surface area contributed by atoms with Gasteiger partial charge in [-0.15, -0.1) is 0 Å².